The molecule has 0 fully saturated rings. The Morgan fingerprint density at radius 3 is 2.43 bits per heavy atom. The number of aliphatic hydroxyl groups excluding tert-OH is 1. The van der Waals surface area contributed by atoms with Gasteiger partial charge in [0.25, 0.3) is 0 Å². The summed E-state index contributed by atoms with van der Waals surface area (Å²) in [6.07, 6.45) is 23.5. The maximum atomic E-state index is 10.3. The highest BCUT2D eigenvalue weighted by Gasteiger charge is 1.93. The topological polar surface area (TPSA) is 57.5 Å². The van der Waals surface area contributed by atoms with Gasteiger partial charge in [0, 0.05) is 6.42 Å². The molecule has 0 bridgehead atoms. The second-order valence-electron chi connectivity index (χ2n) is 5.58. The lowest BCUT2D eigenvalue weighted by molar-refractivity contribution is -0.137. The van der Waals surface area contributed by atoms with Gasteiger partial charge in [-0.2, -0.15) is 0 Å². The van der Waals surface area contributed by atoms with E-state index in [1.807, 2.05) is 36.5 Å². The summed E-state index contributed by atoms with van der Waals surface area (Å²) >= 11 is 0. The number of aliphatic carboxylic acids is 1. The van der Waals surface area contributed by atoms with Crippen molar-refractivity contribution < 1.29 is 15.0 Å². The van der Waals surface area contributed by atoms with E-state index >= 15 is 0 Å². The van der Waals surface area contributed by atoms with E-state index in [-0.39, 0.29) is 6.42 Å². The molecule has 0 radical (unpaired) electrons. The summed E-state index contributed by atoms with van der Waals surface area (Å²) in [5.74, 6) is -0.738. The molecule has 3 heteroatoms. The number of allylic oxidation sites excluding steroid dienone is 6. The number of hydrogen-bond donors (Lipinski definition) is 2. The molecule has 130 valence electrons. The summed E-state index contributed by atoms with van der Waals surface area (Å²) in [5, 5.41) is 18.3. The van der Waals surface area contributed by atoms with Gasteiger partial charge in [0.05, 0.1) is 6.10 Å². The number of hydrogen-bond acceptors (Lipinski definition) is 2. The average molecular weight is 320 g/mol. The normalized spacial score (nSPS) is 13.8. The third-order valence-corrected chi connectivity index (χ3v) is 3.30. The molecule has 0 aliphatic rings. The minimum absolute atomic E-state index is 0.230. The van der Waals surface area contributed by atoms with Crippen molar-refractivity contribution in [3.8, 4) is 0 Å². The highest BCUT2D eigenvalue weighted by atomic mass is 16.4. The zero-order chi connectivity index (χ0) is 17.2. The highest BCUT2D eigenvalue weighted by molar-refractivity contribution is 5.66. The van der Waals surface area contributed by atoms with Gasteiger partial charge in [-0.3, -0.25) is 4.79 Å². The Morgan fingerprint density at radius 1 is 0.957 bits per heavy atom. The number of aliphatic hydroxyl groups is 1. The maximum Gasteiger partial charge on any atom is 0.303 e. The number of carboxylic acid groups (broad SMARTS) is 1. The molecule has 0 aromatic carbocycles. The molecule has 0 saturated heterocycles. The zero-order valence-corrected chi connectivity index (χ0v) is 14.4. The lowest BCUT2D eigenvalue weighted by Crippen LogP contribution is -1.98. The first-order valence-electron chi connectivity index (χ1n) is 8.70. The molecule has 0 amide bonds. The van der Waals surface area contributed by atoms with E-state index in [0.29, 0.717) is 12.8 Å². The van der Waals surface area contributed by atoms with Crippen molar-refractivity contribution in [2.75, 3.05) is 0 Å². The lowest BCUT2D eigenvalue weighted by atomic mass is 10.1. The largest absolute Gasteiger partial charge is 0.481 e. The first-order chi connectivity index (χ1) is 11.2. The average Bonchev–Trinajstić information content (AvgIpc) is 2.52. The maximum absolute atomic E-state index is 10.3. The molecule has 0 aromatic heterocycles. The molecule has 0 heterocycles. The van der Waals surface area contributed by atoms with Crippen LogP contribution < -0.4 is 0 Å². The minimum Gasteiger partial charge on any atom is -0.481 e. The van der Waals surface area contributed by atoms with E-state index in [9.17, 15) is 9.90 Å². The van der Waals surface area contributed by atoms with E-state index in [1.165, 1.54) is 19.3 Å². The number of rotatable bonds is 14. The zero-order valence-electron chi connectivity index (χ0n) is 14.4. The van der Waals surface area contributed by atoms with Crippen molar-refractivity contribution in [3.63, 3.8) is 0 Å². The van der Waals surface area contributed by atoms with Crippen LogP contribution in [0.15, 0.2) is 48.6 Å². The van der Waals surface area contributed by atoms with Crippen LogP contribution in [0.4, 0.5) is 0 Å². The molecular formula is C20H32O3. The molecule has 0 saturated carbocycles. The second kappa shape index (κ2) is 16.8. The van der Waals surface area contributed by atoms with E-state index < -0.39 is 12.1 Å². The minimum atomic E-state index is -0.738. The standard InChI is InChI=1S/C20H32O3/c1-2-3-4-5-10-13-16-19(21)17-14-11-8-6-7-9-12-15-18-20(22)23/h7-11,13-14,17,19,21H,2-6,12,15-16,18H2,1H3,(H,22,23)/b9-7+,11-8+,13-10-,17-14+/t19-/m0/s1. The SMILES string of the molecule is CCCCC/C=C\C[C@H](O)/C=C/C=C/C/C=C/CCCC(=O)O. The third kappa shape index (κ3) is 18.3. The van der Waals surface area contributed by atoms with Crippen LogP contribution in [0.2, 0.25) is 0 Å². The Morgan fingerprint density at radius 2 is 1.70 bits per heavy atom. The van der Waals surface area contributed by atoms with Gasteiger partial charge in [0.1, 0.15) is 0 Å². The quantitative estimate of drug-likeness (QED) is 0.263. The summed E-state index contributed by atoms with van der Waals surface area (Å²) in [6, 6.07) is 0. The second-order valence-corrected chi connectivity index (χ2v) is 5.58. The van der Waals surface area contributed by atoms with Crippen molar-refractivity contribution in [1.29, 1.82) is 0 Å². The van der Waals surface area contributed by atoms with Crippen LogP contribution in [0, 0.1) is 0 Å². The fraction of sp³-hybridized carbons (Fsp3) is 0.550. The molecular weight excluding hydrogens is 288 g/mol. The van der Waals surface area contributed by atoms with Crippen LogP contribution in [0.1, 0.15) is 64.7 Å². The number of carbonyl (C=O) groups is 1. The third-order valence-electron chi connectivity index (χ3n) is 3.30. The molecule has 0 spiro atoms. The van der Waals surface area contributed by atoms with Crippen LogP contribution in [-0.4, -0.2) is 22.3 Å². The van der Waals surface area contributed by atoms with Gasteiger partial charge in [0.2, 0.25) is 0 Å². The molecule has 1 atom stereocenters. The smallest absolute Gasteiger partial charge is 0.303 e. The van der Waals surface area contributed by atoms with Crippen LogP contribution >= 0.6 is 0 Å². The van der Waals surface area contributed by atoms with Gasteiger partial charge in [-0.05, 0) is 38.5 Å². The molecule has 0 aliphatic heterocycles. The predicted octanol–water partition coefficient (Wildman–Crippen LogP) is 5.19. The molecule has 0 aliphatic carbocycles. The fourth-order valence-electron chi connectivity index (χ4n) is 1.96. The first-order valence-corrected chi connectivity index (χ1v) is 8.70. The first kappa shape index (κ1) is 21.4. The van der Waals surface area contributed by atoms with Gasteiger partial charge in [0.15, 0.2) is 0 Å². The summed E-state index contributed by atoms with van der Waals surface area (Å²) in [6.45, 7) is 2.20. The molecule has 0 unspecified atom stereocenters. The van der Waals surface area contributed by atoms with Crippen molar-refractivity contribution in [2.24, 2.45) is 0 Å². The Kier molecular flexibility index (Phi) is 15.6. The van der Waals surface area contributed by atoms with E-state index in [1.54, 1.807) is 6.08 Å². The Bertz CT molecular complexity index is 392. The van der Waals surface area contributed by atoms with Crippen molar-refractivity contribution in [3.05, 3.63) is 48.6 Å². The van der Waals surface area contributed by atoms with Gasteiger partial charge in [-0.15, -0.1) is 0 Å². The van der Waals surface area contributed by atoms with Crippen LogP contribution in [0.3, 0.4) is 0 Å². The van der Waals surface area contributed by atoms with Crippen LogP contribution in [-0.2, 0) is 4.79 Å². The van der Waals surface area contributed by atoms with Gasteiger partial charge in [-0.25, -0.2) is 0 Å². The highest BCUT2D eigenvalue weighted by Crippen LogP contribution is 2.02. The van der Waals surface area contributed by atoms with E-state index in [2.05, 4.69) is 13.0 Å². The Hall–Kier alpha value is -1.61. The fourth-order valence-corrected chi connectivity index (χ4v) is 1.96. The molecule has 0 aromatic rings. The number of unbranched alkanes of at least 4 members (excludes halogenated alkanes) is 4. The van der Waals surface area contributed by atoms with Gasteiger partial charge in [-0.1, -0.05) is 68.4 Å². The predicted molar refractivity (Wildman–Crippen MR) is 97.4 cm³/mol. The van der Waals surface area contributed by atoms with Crippen molar-refractivity contribution in [1.82, 2.24) is 0 Å². The monoisotopic (exact) mass is 320 g/mol. The van der Waals surface area contributed by atoms with Gasteiger partial charge < -0.3 is 10.2 Å². The van der Waals surface area contributed by atoms with Crippen molar-refractivity contribution in [2.45, 2.75) is 70.8 Å². The summed E-state index contributed by atoms with van der Waals surface area (Å²) in [4.78, 5) is 10.3. The summed E-state index contributed by atoms with van der Waals surface area (Å²) in [7, 11) is 0. The number of carboxylic acids is 1. The Balaban J connectivity index is 3.62. The summed E-state index contributed by atoms with van der Waals surface area (Å²) in [5.41, 5.74) is 0. The molecule has 0 rings (SSSR count). The molecule has 23 heavy (non-hydrogen) atoms. The van der Waals surface area contributed by atoms with E-state index in [0.717, 1.165) is 19.3 Å². The van der Waals surface area contributed by atoms with Gasteiger partial charge >= 0.3 is 5.97 Å². The molecule has 2 N–H and O–H groups in total. The molecule has 3 nitrogen and oxygen atoms in total. The lowest BCUT2D eigenvalue weighted by Gasteiger charge is -1.99. The summed E-state index contributed by atoms with van der Waals surface area (Å²) < 4.78 is 0. The van der Waals surface area contributed by atoms with Crippen molar-refractivity contribution >= 4 is 5.97 Å². The van der Waals surface area contributed by atoms with Crippen LogP contribution in [0.5, 0.6) is 0 Å². The van der Waals surface area contributed by atoms with E-state index in [4.69, 9.17) is 5.11 Å². The van der Waals surface area contributed by atoms with Crippen LogP contribution in [0.25, 0.3) is 0 Å². The Labute approximate surface area is 141 Å².